The van der Waals surface area contributed by atoms with Crippen molar-refractivity contribution in [3.63, 3.8) is 0 Å². The van der Waals surface area contributed by atoms with Crippen LogP contribution in [0.3, 0.4) is 0 Å². The summed E-state index contributed by atoms with van der Waals surface area (Å²) in [6.45, 7) is 2.38. The highest BCUT2D eigenvalue weighted by Crippen LogP contribution is 2.48. The molecule has 218 valence electrons. The Morgan fingerprint density at radius 1 is 0.543 bits per heavy atom. The molecule has 8 aromatic rings. The van der Waals surface area contributed by atoms with Gasteiger partial charge in [0.1, 0.15) is 5.82 Å². The number of imidazole rings is 1. The van der Waals surface area contributed by atoms with E-state index >= 15 is 0 Å². The van der Waals surface area contributed by atoms with Crippen LogP contribution in [0.15, 0.2) is 158 Å². The predicted molar refractivity (Wildman–Crippen MR) is 194 cm³/mol. The minimum Gasteiger partial charge on any atom is -0.292 e. The normalized spacial score (nSPS) is 15.8. The Morgan fingerprint density at radius 2 is 1.15 bits per heavy atom. The fourth-order valence-electron chi connectivity index (χ4n) is 7.67. The first kappa shape index (κ1) is 26.7. The van der Waals surface area contributed by atoms with Crippen LogP contribution in [-0.2, 0) is 0 Å². The third kappa shape index (κ3) is 4.14. The lowest BCUT2D eigenvalue weighted by Crippen LogP contribution is -2.12. The highest BCUT2D eigenvalue weighted by atomic mass is 15.1. The number of nitrogens with zero attached hydrogens (tertiary/aromatic N) is 2. The van der Waals surface area contributed by atoms with Crippen LogP contribution in [0, 0.1) is 0 Å². The molecule has 0 saturated heterocycles. The van der Waals surface area contributed by atoms with Gasteiger partial charge in [-0.2, -0.15) is 0 Å². The number of allylic oxidation sites excluding steroid dienone is 1. The van der Waals surface area contributed by atoms with Gasteiger partial charge in [0.05, 0.1) is 11.0 Å². The summed E-state index contributed by atoms with van der Waals surface area (Å²) in [4.78, 5) is 5.05. The van der Waals surface area contributed by atoms with Crippen LogP contribution in [-0.4, -0.2) is 9.55 Å². The summed E-state index contributed by atoms with van der Waals surface area (Å²) in [7, 11) is 0. The van der Waals surface area contributed by atoms with E-state index in [9.17, 15) is 0 Å². The number of benzene rings is 7. The fraction of sp³-hybridized carbons (Fsp3) is 0.0682. The summed E-state index contributed by atoms with van der Waals surface area (Å²) in [5.74, 6) is 1.61. The van der Waals surface area contributed by atoms with Crippen molar-refractivity contribution in [3.8, 4) is 28.2 Å². The average molecular weight is 589 g/mol. The second-order valence-corrected chi connectivity index (χ2v) is 12.4. The number of aromatic nitrogens is 2. The maximum Gasteiger partial charge on any atom is 0.145 e. The van der Waals surface area contributed by atoms with Gasteiger partial charge in [-0.3, -0.25) is 4.57 Å². The zero-order chi connectivity index (χ0) is 30.6. The first-order valence-electron chi connectivity index (χ1n) is 16.1. The van der Waals surface area contributed by atoms with Gasteiger partial charge in [-0.1, -0.05) is 146 Å². The lowest BCUT2D eigenvalue weighted by Gasteiger charge is -2.30. The van der Waals surface area contributed by atoms with Gasteiger partial charge in [0.25, 0.3) is 0 Å². The summed E-state index contributed by atoms with van der Waals surface area (Å²) in [6, 6.07) is 54.7. The Morgan fingerprint density at radius 3 is 1.89 bits per heavy atom. The largest absolute Gasteiger partial charge is 0.292 e. The van der Waals surface area contributed by atoms with Crippen molar-refractivity contribution in [2.24, 2.45) is 0 Å². The summed E-state index contributed by atoms with van der Waals surface area (Å²) in [6.07, 6.45) is 4.75. The van der Waals surface area contributed by atoms with E-state index in [1.165, 1.54) is 49.4 Å². The molecular weight excluding hydrogens is 556 g/mol. The quantitative estimate of drug-likeness (QED) is 0.187. The molecule has 2 heteroatoms. The second kappa shape index (κ2) is 10.7. The van der Waals surface area contributed by atoms with Gasteiger partial charge in [0.2, 0.25) is 0 Å². The van der Waals surface area contributed by atoms with Gasteiger partial charge in [-0.15, -0.1) is 0 Å². The minimum atomic E-state index is 0.284. The molecule has 0 aliphatic heterocycles. The standard InChI is InChI=1S/C44H32N2/c1-29-34-16-6-5-13-30(34)25-28-35(29)43-38-19-9-7-17-36(38)42(37-18-8-10-20-39(37)43)31-23-26-33(27-24-31)46-41-22-12-11-21-40(41)45-44(46)32-14-3-2-4-15-32/h2-29,35H,1H3. The van der Waals surface area contributed by atoms with Crippen molar-refractivity contribution in [1.82, 2.24) is 9.55 Å². The van der Waals surface area contributed by atoms with Gasteiger partial charge in [-0.05, 0) is 79.5 Å². The zero-order valence-electron chi connectivity index (χ0n) is 25.6. The maximum absolute atomic E-state index is 5.05. The van der Waals surface area contributed by atoms with Crippen LogP contribution in [0.4, 0.5) is 0 Å². The van der Waals surface area contributed by atoms with Crippen molar-refractivity contribution in [3.05, 3.63) is 174 Å². The molecule has 7 aromatic carbocycles. The molecule has 0 spiro atoms. The molecular formula is C44H32N2. The van der Waals surface area contributed by atoms with Crippen molar-refractivity contribution in [2.45, 2.75) is 18.8 Å². The third-order valence-corrected chi connectivity index (χ3v) is 9.82. The van der Waals surface area contributed by atoms with Crippen LogP contribution in [0.5, 0.6) is 0 Å². The molecule has 0 saturated carbocycles. The van der Waals surface area contributed by atoms with E-state index in [2.05, 4.69) is 175 Å². The summed E-state index contributed by atoms with van der Waals surface area (Å²) < 4.78 is 2.28. The molecule has 2 nitrogen and oxygen atoms in total. The Bertz CT molecular complexity index is 2370. The van der Waals surface area contributed by atoms with Gasteiger partial charge in [-0.25, -0.2) is 4.98 Å². The van der Waals surface area contributed by atoms with Crippen molar-refractivity contribution in [1.29, 1.82) is 0 Å². The molecule has 2 atom stereocenters. The van der Waals surface area contributed by atoms with Crippen molar-refractivity contribution >= 4 is 38.7 Å². The Balaban J connectivity index is 1.23. The number of fused-ring (bicyclic) bond motifs is 4. The Labute approximate surface area is 268 Å². The number of para-hydroxylation sites is 2. The van der Waals surface area contributed by atoms with Crippen molar-refractivity contribution in [2.75, 3.05) is 0 Å². The molecule has 9 rings (SSSR count). The maximum atomic E-state index is 5.05. The van der Waals surface area contributed by atoms with Crippen LogP contribution >= 0.6 is 0 Å². The molecule has 1 aliphatic carbocycles. The molecule has 46 heavy (non-hydrogen) atoms. The summed E-state index contributed by atoms with van der Waals surface area (Å²) in [5, 5.41) is 5.24. The summed E-state index contributed by atoms with van der Waals surface area (Å²) in [5.41, 5.74) is 11.0. The first-order valence-corrected chi connectivity index (χ1v) is 16.1. The van der Waals surface area contributed by atoms with E-state index in [0.717, 1.165) is 28.1 Å². The predicted octanol–water partition coefficient (Wildman–Crippen LogP) is 11.6. The molecule has 1 heterocycles. The monoisotopic (exact) mass is 588 g/mol. The van der Waals surface area contributed by atoms with Gasteiger partial charge in [0.15, 0.2) is 0 Å². The lowest BCUT2D eigenvalue weighted by molar-refractivity contribution is 0.677. The van der Waals surface area contributed by atoms with E-state index in [0.29, 0.717) is 5.92 Å². The number of hydrogen-bond acceptors (Lipinski definition) is 1. The highest BCUT2D eigenvalue weighted by molar-refractivity contribution is 6.15. The average Bonchev–Trinajstić information content (AvgIpc) is 3.51. The molecule has 0 amide bonds. The molecule has 0 N–H and O–H groups in total. The summed E-state index contributed by atoms with van der Waals surface area (Å²) >= 11 is 0. The second-order valence-electron chi connectivity index (χ2n) is 12.4. The van der Waals surface area contributed by atoms with E-state index in [1.807, 2.05) is 0 Å². The van der Waals surface area contributed by atoms with E-state index < -0.39 is 0 Å². The molecule has 0 radical (unpaired) electrons. The van der Waals surface area contributed by atoms with Crippen LogP contribution in [0.25, 0.3) is 66.9 Å². The van der Waals surface area contributed by atoms with E-state index in [-0.39, 0.29) is 5.92 Å². The highest BCUT2D eigenvalue weighted by Gasteiger charge is 2.28. The smallest absolute Gasteiger partial charge is 0.145 e. The van der Waals surface area contributed by atoms with Gasteiger partial charge < -0.3 is 0 Å². The molecule has 1 aromatic heterocycles. The van der Waals surface area contributed by atoms with Gasteiger partial charge >= 0.3 is 0 Å². The zero-order valence-corrected chi connectivity index (χ0v) is 25.6. The van der Waals surface area contributed by atoms with E-state index in [4.69, 9.17) is 4.98 Å². The fourth-order valence-corrected chi connectivity index (χ4v) is 7.67. The lowest BCUT2D eigenvalue weighted by atomic mass is 9.73. The Hall–Kier alpha value is -5.73. The number of rotatable bonds is 4. The molecule has 0 fully saturated rings. The first-order chi connectivity index (χ1) is 22.8. The van der Waals surface area contributed by atoms with Crippen molar-refractivity contribution < 1.29 is 0 Å². The third-order valence-electron chi connectivity index (χ3n) is 9.82. The van der Waals surface area contributed by atoms with Gasteiger partial charge in [0, 0.05) is 17.2 Å². The molecule has 2 unspecified atom stereocenters. The number of hydrogen-bond donors (Lipinski definition) is 0. The van der Waals surface area contributed by atoms with Crippen LogP contribution in [0.1, 0.15) is 35.4 Å². The van der Waals surface area contributed by atoms with Crippen LogP contribution < -0.4 is 0 Å². The minimum absolute atomic E-state index is 0.284. The topological polar surface area (TPSA) is 17.8 Å². The SMILES string of the molecule is CC1c2ccccc2C=CC1c1c2ccccc2c(-c2ccc(-n3c(-c4ccccc4)nc4ccccc43)cc2)c2ccccc12. The molecule has 1 aliphatic rings. The van der Waals surface area contributed by atoms with Crippen LogP contribution in [0.2, 0.25) is 0 Å². The Kier molecular flexibility index (Phi) is 6.21. The molecule has 0 bridgehead atoms. The van der Waals surface area contributed by atoms with E-state index in [1.54, 1.807) is 0 Å².